The van der Waals surface area contributed by atoms with Crippen LogP contribution in [0.15, 0.2) is 46.9 Å². The van der Waals surface area contributed by atoms with Crippen LogP contribution in [0.25, 0.3) is 11.0 Å². The zero-order valence-electron chi connectivity index (χ0n) is 10.3. The molecular formula is C14H10BrFN4. The minimum absolute atomic E-state index is 0.269. The predicted octanol–water partition coefficient (Wildman–Crippen LogP) is 3.54. The van der Waals surface area contributed by atoms with Gasteiger partial charge in [0.25, 0.3) is 0 Å². The van der Waals surface area contributed by atoms with Crippen molar-refractivity contribution in [2.24, 2.45) is 0 Å². The van der Waals surface area contributed by atoms with Crippen LogP contribution in [0.4, 0.5) is 10.3 Å². The van der Waals surface area contributed by atoms with Crippen molar-refractivity contribution in [1.82, 2.24) is 15.2 Å². The zero-order valence-corrected chi connectivity index (χ0v) is 11.9. The Labute approximate surface area is 123 Å². The van der Waals surface area contributed by atoms with Gasteiger partial charge in [-0.25, -0.2) is 9.37 Å². The van der Waals surface area contributed by atoms with Crippen LogP contribution < -0.4 is 5.32 Å². The lowest BCUT2D eigenvalue weighted by Crippen LogP contribution is -2.06. The largest absolute Gasteiger partial charge is 0.349 e. The van der Waals surface area contributed by atoms with Gasteiger partial charge < -0.3 is 5.32 Å². The summed E-state index contributed by atoms with van der Waals surface area (Å²) in [5, 5.41) is 11.0. The summed E-state index contributed by atoms with van der Waals surface area (Å²) in [6, 6.07) is 12.3. The van der Waals surface area contributed by atoms with E-state index in [9.17, 15) is 4.39 Å². The second-order valence-electron chi connectivity index (χ2n) is 4.21. The Morgan fingerprint density at radius 3 is 2.70 bits per heavy atom. The summed E-state index contributed by atoms with van der Waals surface area (Å²) in [7, 11) is 0. The van der Waals surface area contributed by atoms with Crippen LogP contribution in [0.1, 0.15) is 5.56 Å². The van der Waals surface area contributed by atoms with Gasteiger partial charge in [0.2, 0.25) is 5.95 Å². The van der Waals surface area contributed by atoms with Crippen LogP contribution in [0, 0.1) is 5.82 Å². The SMILES string of the molecule is Fc1ccc(Br)cc1CNc1nnc2ccccc2n1. The van der Waals surface area contributed by atoms with Crippen LogP contribution in [-0.2, 0) is 6.54 Å². The van der Waals surface area contributed by atoms with Gasteiger partial charge in [-0.05, 0) is 30.3 Å². The van der Waals surface area contributed by atoms with Crippen molar-refractivity contribution in [3.05, 3.63) is 58.3 Å². The number of nitrogens with one attached hydrogen (secondary N) is 1. The molecule has 0 saturated heterocycles. The molecule has 0 aliphatic carbocycles. The lowest BCUT2D eigenvalue weighted by molar-refractivity contribution is 0.612. The van der Waals surface area contributed by atoms with Crippen molar-refractivity contribution in [2.75, 3.05) is 5.32 Å². The fraction of sp³-hybridized carbons (Fsp3) is 0.0714. The van der Waals surface area contributed by atoms with Crippen molar-refractivity contribution >= 4 is 32.9 Å². The van der Waals surface area contributed by atoms with Gasteiger partial charge in [-0.1, -0.05) is 28.1 Å². The van der Waals surface area contributed by atoms with Crippen LogP contribution in [0.2, 0.25) is 0 Å². The molecule has 0 atom stereocenters. The highest BCUT2D eigenvalue weighted by Gasteiger charge is 2.05. The second-order valence-corrected chi connectivity index (χ2v) is 5.13. The fourth-order valence-electron chi connectivity index (χ4n) is 1.81. The van der Waals surface area contributed by atoms with E-state index in [2.05, 4.69) is 36.4 Å². The minimum Gasteiger partial charge on any atom is -0.349 e. The lowest BCUT2D eigenvalue weighted by Gasteiger charge is -2.06. The first-order valence-corrected chi connectivity index (χ1v) is 6.79. The smallest absolute Gasteiger partial charge is 0.243 e. The van der Waals surface area contributed by atoms with Crippen molar-refractivity contribution in [2.45, 2.75) is 6.54 Å². The van der Waals surface area contributed by atoms with Crippen molar-refractivity contribution < 1.29 is 4.39 Å². The molecule has 0 aliphatic heterocycles. The monoisotopic (exact) mass is 332 g/mol. The highest BCUT2D eigenvalue weighted by atomic mass is 79.9. The number of benzene rings is 2. The third kappa shape index (κ3) is 2.75. The van der Waals surface area contributed by atoms with E-state index in [1.165, 1.54) is 6.07 Å². The van der Waals surface area contributed by atoms with Crippen LogP contribution in [-0.4, -0.2) is 15.2 Å². The first kappa shape index (κ1) is 12.9. The molecule has 1 heterocycles. The number of halogens is 2. The summed E-state index contributed by atoms with van der Waals surface area (Å²) in [5.74, 6) is 0.109. The van der Waals surface area contributed by atoms with Crippen LogP contribution in [0.3, 0.4) is 0 Å². The molecule has 0 unspecified atom stereocenters. The van der Waals surface area contributed by atoms with Gasteiger partial charge in [0, 0.05) is 16.6 Å². The van der Waals surface area contributed by atoms with E-state index in [1.807, 2.05) is 24.3 Å². The molecule has 4 nitrogen and oxygen atoms in total. The number of aromatic nitrogens is 3. The summed E-state index contributed by atoms with van der Waals surface area (Å²) >= 11 is 3.32. The standard InChI is InChI=1S/C14H10BrFN4/c15-10-5-6-11(16)9(7-10)8-17-14-18-12-3-1-2-4-13(12)19-20-14/h1-7H,8H2,(H,17,18,20). The zero-order chi connectivity index (χ0) is 13.9. The Hall–Kier alpha value is -2.08. The summed E-state index contributed by atoms with van der Waals surface area (Å²) in [4.78, 5) is 4.32. The van der Waals surface area contributed by atoms with Gasteiger partial charge in [-0.2, -0.15) is 0 Å². The molecular weight excluding hydrogens is 323 g/mol. The number of anilines is 1. The predicted molar refractivity (Wildman–Crippen MR) is 78.8 cm³/mol. The lowest BCUT2D eigenvalue weighted by atomic mass is 10.2. The van der Waals surface area contributed by atoms with E-state index in [0.717, 1.165) is 15.5 Å². The molecule has 1 N–H and O–H groups in total. The van der Waals surface area contributed by atoms with E-state index in [1.54, 1.807) is 12.1 Å². The van der Waals surface area contributed by atoms with Crippen LogP contribution >= 0.6 is 15.9 Å². The van der Waals surface area contributed by atoms with E-state index < -0.39 is 0 Å². The Morgan fingerprint density at radius 1 is 1.05 bits per heavy atom. The van der Waals surface area contributed by atoms with Gasteiger partial charge >= 0.3 is 0 Å². The van der Waals surface area contributed by atoms with Gasteiger partial charge in [-0.15, -0.1) is 10.2 Å². The molecule has 0 saturated carbocycles. The van der Waals surface area contributed by atoms with E-state index in [0.29, 0.717) is 18.1 Å². The van der Waals surface area contributed by atoms with Gasteiger partial charge in [0.05, 0.1) is 5.52 Å². The molecule has 0 spiro atoms. The number of fused-ring (bicyclic) bond motifs is 1. The highest BCUT2D eigenvalue weighted by Crippen LogP contribution is 2.16. The maximum atomic E-state index is 13.6. The summed E-state index contributed by atoms with van der Waals surface area (Å²) in [6.45, 7) is 0.297. The topological polar surface area (TPSA) is 50.7 Å². The molecule has 0 radical (unpaired) electrons. The summed E-state index contributed by atoms with van der Waals surface area (Å²) in [5.41, 5.74) is 2.02. The van der Waals surface area contributed by atoms with E-state index >= 15 is 0 Å². The first-order chi connectivity index (χ1) is 9.72. The normalized spacial score (nSPS) is 10.7. The average molecular weight is 333 g/mol. The number of rotatable bonds is 3. The van der Waals surface area contributed by atoms with E-state index in [-0.39, 0.29) is 5.82 Å². The summed E-state index contributed by atoms with van der Waals surface area (Å²) in [6.07, 6.45) is 0. The van der Waals surface area contributed by atoms with Gasteiger partial charge in [-0.3, -0.25) is 0 Å². The maximum Gasteiger partial charge on any atom is 0.243 e. The molecule has 100 valence electrons. The third-order valence-corrected chi connectivity index (χ3v) is 3.30. The Bertz CT molecular complexity index is 763. The molecule has 0 fully saturated rings. The molecule has 2 aromatic carbocycles. The molecule has 1 aromatic heterocycles. The number of nitrogens with zero attached hydrogens (tertiary/aromatic N) is 3. The number of para-hydroxylation sites is 1. The van der Waals surface area contributed by atoms with Gasteiger partial charge in [0.15, 0.2) is 0 Å². The molecule has 0 aliphatic rings. The molecule has 6 heteroatoms. The van der Waals surface area contributed by atoms with E-state index in [4.69, 9.17) is 0 Å². The minimum atomic E-state index is -0.269. The molecule has 0 bridgehead atoms. The molecule has 3 rings (SSSR count). The second kappa shape index (κ2) is 5.50. The quantitative estimate of drug-likeness (QED) is 0.797. The Kier molecular flexibility index (Phi) is 3.56. The first-order valence-electron chi connectivity index (χ1n) is 5.99. The summed E-state index contributed by atoms with van der Waals surface area (Å²) < 4.78 is 14.4. The van der Waals surface area contributed by atoms with Crippen molar-refractivity contribution in [1.29, 1.82) is 0 Å². The fourth-order valence-corrected chi connectivity index (χ4v) is 2.22. The maximum absolute atomic E-state index is 13.6. The van der Waals surface area contributed by atoms with Crippen molar-refractivity contribution in [3.8, 4) is 0 Å². The Balaban J connectivity index is 1.81. The highest BCUT2D eigenvalue weighted by molar-refractivity contribution is 9.10. The number of hydrogen-bond donors (Lipinski definition) is 1. The third-order valence-electron chi connectivity index (χ3n) is 2.81. The molecule has 3 aromatic rings. The van der Waals surface area contributed by atoms with Crippen molar-refractivity contribution in [3.63, 3.8) is 0 Å². The van der Waals surface area contributed by atoms with Crippen LogP contribution in [0.5, 0.6) is 0 Å². The Morgan fingerprint density at radius 2 is 1.85 bits per heavy atom. The van der Waals surface area contributed by atoms with Gasteiger partial charge in [0.1, 0.15) is 11.3 Å². The number of hydrogen-bond acceptors (Lipinski definition) is 4. The molecule has 0 amide bonds. The molecule has 20 heavy (non-hydrogen) atoms. The average Bonchev–Trinajstić information content (AvgIpc) is 2.48.